The van der Waals surface area contributed by atoms with Gasteiger partial charge in [-0.2, -0.15) is 0 Å². The second-order valence-electron chi connectivity index (χ2n) is 2.24. The molecular weight excluding hydrogens is 196 g/mol. The highest BCUT2D eigenvalue weighted by atomic mass is 32.1. The first kappa shape index (κ1) is 7.69. The molecule has 12 heavy (non-hydrogen) atoms. The molecule has 0 radical (unpaired) electrons. The first-order valence-electron chi connectivity index (χ1n) is 3.22. The van der Waals surface area contributed by atoms with Crippen LogP contribution in [0.5, 0.6) is 0 Å². The van der Waals surface area contributed by atoms with Crippen molar-refractivity contribution in [3.63, 3.8) is 0 Å². The van der Waals surface area contributed by atoms with Crippen molar-refractivity contribution >= 4 is 36.3 Å². The number of oxime groups is 1. The van der Waals surface area contributed by atoms with Crippen LogP contribution in [0.3, 0.4) is 0 Å². The molecule has 0 saturated heterocycles. The normalized spacial score (nSPS) is 26.4. The van der Waals surface area contributed by atoms with E-state index in [9.17, 15) is 0 Å². The van der Waals surface area contributed by atoms with Crippen molar-refractivity contribution in [2.45, 2.75) is 6.23 Å². The van der Waals surface area contributed by atoms with Crippen LogP contribution in [-0.2, 0) is 4.84 Å². The lowest BCUT2D eigenvalue weighted by atomic mass is 10.5. The molecule has 0 amide bonds. The summed E-state index contributed by atoms with van der Waals surface area (Å²) in [6.45, 7) is 0. The Morgan fingerprint density at radius 1 is 1.75 bits per heavy atom. The fourth-order valence-electron chi connectivity index (χ4n) is 0.898. The van der Waals surface area contributed by atoms with E-state index in [4.69, 9.17) is 17.1 Å². The molecule has 1 unspecified atom stereocenters. The molecule has 0 aromatic heterocycles. The van der Waals surface area contributed by atoms with Crippen LogP contribution in [0.1, 0.15) is 0 Å². The van der Waals surface area contributed by atoms with Crippen molar-refractivity contribution in [3.05, 3.63) is 11.1 Å². The van der Waals surface area contributed by atoms with Gasteiger partial charge in [0.15, 0.2) is 11.5 Å². The van der Waals surface area contributed by atoms with Gasteiger partial charge in [0.05, 0.1) is 5.03 Å². The lowest BCUT2D eigenvalue weighted by molar-refractivity contribution is 0.0381. The maximum Gasteiger partial charge on any atom is 0.239 e. The Morgan fingerprint density at radius 2 is 2.58 bits per heavy atom. The molecule has 64 valence electrons. The average Bonchev–Trinajstić information content (AvgIpc) is 2.31. The summed E-state index contributed by atoms with van der Waals surface area (Å²) in [5.41, 5.74) is 2.85. The zero-order chi connectivity index (χ0) is 8.55. The van der Waals surface area contributed by atoms with Gasteiger partial charge in [0.25, 0.3) is 0 Å². The van der Waals surface area contributed by atoms with Gasteiger partial charge in [-0.3, -0.25) is 5.43 Å². The largest absolute Gasteiger partial charge is 0.363 e. The fourth-order valence-corrected chi connectivity index (χ4v) is 1.43. The summed E-state index contributed by atoms with van der Waals surface area (Å²) in [4.78, 5) is 4.96. The number of rotatable bonds is 0. The van der Waals surface area contributed by atoms with E-state index in [1.54, 1.807) is 11.1 Å². The van der Waals surface area contributed by atoms with E-state index in [1.807, 2.05) is 0 Å². The summed E-state index contributed by atoms with van der Waals surface area (Å²) < 4.78 is 0. The van der Waals surface area contributed by atoms with Crippen molar-refractivity contribution in [2.75, 3.05) is 0 Å². The highest BCUT2D eigenvalue weighted by Crippen LogP contribution is 2.11. The number of hydrazine groups is 1. The predicted octanol–water partition coefficient (Wildman–Crippen LogP) is -0.248. The maximum atomic E-state index is 4.96. The molecule has 0 aliphatic carbocycles. The molecule has 1 atom stereocenters. The topological polar surface area (TPSA) is 48.9 Å². The van der Waals surface area contributed by atoms with Crippen molar-refractivity contribution in [2.24, 2.45) is 5.16 Å². The van der Waals surface area contributed by atoms with Gasteiger partial charge in [-0.25, -0.2) is 5.01 Å². The van der Waals surface area contributed by atoms with Crippen molar-refractivity contribution < 1.29 is 4.84 Å². The Morgan fingerprint density at radius 3 is 3.42 bits per heavy atom. The van der Waals surface area contributed by atoms with Gasteiger partial charge in [0, 0.05) is 6.08 Å². The van der Waals surface area contributed by atoms with Crippen molar-refractivity contribution in [3.8, 4) is 0 Å². The van der Waals surface area contributed by atoms with Crippen LogP contribution in [0.25, 0.3) is 0 Å². The number of nitrogens with zero attached hydrogens (tertiary/aromatic N) is 2. The summed E-state index contributed by atoms with van der Waals surface area (Å²) in [5, 5.41) is 9.19. The van der Waals surface area contributed by atoms with E-state index in [-0.39, 0.29) is 6.23 Å². The van der Waals surface area contributed by atoms with Crippen LogP contribution < -0.4 is 10.7 Å². The van der Waals surface area contributed by atoms with Crippen molar-refractivity contribution in [1.82, 2.24) is 15.8 Å². The van der Waals surface area contributed by atoms with Gasteiger partial charge in [-0.15, -0.1) is 12.6 Å². The van der Waals surface area contributed by atoms with Crippen LogP contribution in [0.4, 0.5) is 0 Å². The van der Waals surface area contributed by atoms with Gasteiger partial charge >= 0.3 is 0 Å². The molecule has 2 N–H and O–H groups in total. The number of hydrogen-bond acceptors (Lipinski definition) is 5. The summed E-state index contributed by atoms with van der Waals surface area (Å²) in [7, 11) is 0. The maximum absolute atomic E-state index is 4.96. The van der Waals surface area contributed by atoms with Gasteiger partial charge in [-0.05, 0) is 12.2 Å². The van der Waals surface area contributed by atoms with Crippen LogP contribution in [0.15, 0.2) is 16.3 Å². The van der Waals surface area contributed by atoms with Crippen LogP contribution in [-0.4, -0.2) is 22.7 Å². The highest BCUT2D eigenvalue weighted by Gasteiger charge is 2.24. The van der Waals surface area contributed by atoms with E-state index >= 15 is 0 Å². The molecule has 2 heterocycles. The molecule has 5 nitrogen and oxygen atoms in total. The van der Waals surface area contributed by atoms with Crippen LogP contribution >= 0.6 is 24.8 Å². The summed E-state index contributed by atoms with van der Waals surface area (Å²) >= 11 is 9.05. The first-order valence-corrected chi connectivity index (χ1v) is 4.07. The standard InChI is InChI=1S/C5H6N4OS2/c11-3-1-4-9(2-6-10-4)8-5(12)7-3/h1-2,4,11H,(H2,7,8,12). The number of fused-ring (bicyclic) bond motifs is 1. The summed E-state index contributed by atoms with van der Waals surface area (Å²) in [5.74, 6) is 0. The van der Waals surface area contributed by atoms with Crippen LogP contribution in [0.2, 0.25) is 0 Å². The zero-order valence-corrected chi connectivity index (χ0v) is 7.60. The zero-order valence-electron chi connectivity index (χ0n) is 5.89. The monoisotopic (exact) mass is 202 g/mol. The Balaban J connectivity index is 2.22. The molecule has 0 fully saturated rings. The van der Waals surface area contributed by atoms with Crippen molar-refractivity contribution in [1.29, 1.82) is 0 Å². The Kier molecular flexibility index (Phi) is 1.81. The van der Waals surface area contributed by atoms with E-state index in [1.165, 1.54) is 6.34 Å². The minimum Gasteiger partial charge on any atom is -0.363 e. The molecule has 2 aliphatic heterocycles. The molecule has 0 aromatic rings. The van der Waals surface area contributed by atoms with Gasteiger partial charge in [0.2, 0.25) is 6.23 Å². The van der Waals surface area contributed by atoms with Gasteiger partial charge < -0.3 is 10.2 Å². The SMILES string of the molecule is S=C1NC(S)=CC2ON=CN2N1. The average molecular weight is 202 g/mol. The fraction of sp³-hybridized carbons (Fsp3) is 0.200. The number of thiocarbonyl (C=S) groups is 1. The lowest BCUT2D eigenvalue weighted by Crippen LogP contribution is -2.45. The first-order chi connectivity index (χ1) is 5.75. The minimum absolute atomic E-state index is 0.273. The summed E-state index contributed by atoms with van der Waals surface area (Å²) in [6, 6.07) is 0. The van der Waals surface area contributed by atoms with Crippen LogP contribution in [0, 0.1) is 0 Å². The van der Waals surface area contributed by atoms with E-state index in [0.717, 1.165) is 0 Å². The quantitative estimate of drug-likeness (QED) is 0.373. The second kappa shape index (κ2) is 2.83. The molecule has 0 spiro atoms. The number of hydrogen-bond donors (Lipinski definition) is 3. The number of thiol groups is 1. The van der Waals surface area contributed by atoms with E-state index < -0.39 is 0 Å². The molecule has 0 saturated carbocycles. The molecule has 0 aromatic carbocycles. The molecule has 2 rings (SSSR count). The predicted molar refractivity (Wildman–Crippen MR) is 51.1 cm³/mol. The van der Waals surface area contributed by atoms with E-state index in [0.29, 0.717) is 10.1 Å². The third-order valence-electron chi connectivity index (χ3n) is 1.39. The minimum atomic E-state index is -0.273. The van der Waals surface area contributed by atoms with E-state index in [2.05, 4.69) is 28.5 Å². The Bertz CT molecular complexity index is 277. The second-order valence-corrected chi connectivity index (χ2v) is 3.13. The molecule has 0 bridgehead atoms. The molecular formula is C5H6N4OS2. The highest BCUT2D eigenvalue weighted by molar-refractivity contribution is 7.84. The molecule has 7 heteroatoms. The third-order valence-corrected chi connectivity index (χ3v) is 1.84. The Hall–Kier alpha value is -0.950. The number of nitrogens with one attached hydrogen (secondary N) is 2. The molecule has 2 aliphatic rings. The lowest BCUT2D eigenvalue weighted by Gasteiger charge is -2.17. The third kappa shape index (κ3) is 1.32. The van der Waals surface area contributed by atoms with Gasteiger partial charge in [0.1, 0.15) is 0 Å². The summed E-state index contributed by atoms with van der Waals surface area (Å²) in [6.07, 6.45) is 3.00. The van der Waals surface area contributed by atoms with Gasteiger partial charge in [-0.1, -0.05) is 5.16 Å². The Labute approximate surface area is 79.8 Å². The smallest absolute Gasteiger partial charge is 0.239 e.